The first kappa shape index (κ1) is 12.7. The molecule has 6 heteroatoms. The highest BCUT2D eigenvalue weighted by Gasteiger charge is 2.11. The number of aromatic nitrogens is 2. The average molecular weight is 284 g/mol. The van der Waals surface area contributed by atoms with E-state index in [4.69, 9.17) is 0 Å². The SMILES string of the molecule is CCc1ccc(C(=O)CSc2nc(C)ns2)s1. The summed E-state index contributed by atoms with van der Waals surface area (Å²) in [6.45, 7) is 3.95. The summed E-state index contributed by atoms with van der Waals surface area (Å²) in [5.41, 5.74) is 0. The lowest BCUT2D eigenvalue weighted by Crippen LogP contribution is -1.98. The fourth-order valence-electron chi connectivity index (χ4n) is 1.25. The molecule has 0 aromatic carbocycles. The van der Waals surface area contributed by atoms with Crippen LogP contribution in [0.4, 0.5) is 0 Å². The van der Waals surface area contributed by atoms with Gasteiger partial charge in [0.05, 0.1) is 10.6 Å². The molecule has 0 unspecified atom stereocenters. The number of ketones is 1. The molecule has 2 aromatic rings. The molecule has 0 bridgehead atoms. The van der Waals surface area contributed by atoms with Gasteiger partial charge in [0.25, 0.3) is 0 Å². The second-order valence-electron chi connectivity index (χ2n) is 3.44. The molecule has 0 atom stereocenters. The zero-order chi connectivity index (χ0) is 12.3. The van der Waals surface area contributed by atoms with Crippen LogP contribution in [0.2, 0.25) is 0 Å². The lowest BCUT2D eigenvalue weighted by atomic mass is 10.3. The Labute approximate surface area is 112 Å². The van der Waals surface area contributed by atoms with Gasteiger partial charge in [0.1, 0.15) is 5.82 Å². The van der Waals surface area contributed by atoms with E-state index in [-0.39, 0.29) is 5.78 Å². The minimum absolute atomic E-state index is 0.174. The molecule has 17 heavy (non-hydrogen) atoms. The predicted molar refractivity (Wildman–Crippen MR) is 73.4 cm³/mol. The molecule has 2 aromatic heterocycles. The van der Waals surface area contributed by atoms with Gasteiger partial charge in [0.2, 0.25) is 0 Å². The number of aryl methyl sites for hydroxylation is 2. The summed E-state index contributed by atoms with van der Waals surface area (Å²) >= 11 is 4.40. The maximum Gasteiger partial charge on any atom is 0.183 e. The Bertz CT molecular complexity index is 518. The van der Waals surface area contributed by atoms with E-state index in [1.807, 2.05) is 19.1 Å². The normalized spacial score (nSPS) is 10.7. The number of hydrogen-bond acceptors (Lipinski definition) is 6. The number of nitrogens with zero attached hydrogens (tertiary/aromatic N) is 2. The summed E-state index contributed by atoms with van der Waals surface area (Å²) < 4.78 is 4.95. The van der Waals surface area contributed by atoms with Crippen LogP contribution in [0, 0.1) is 6.92 Å². The number of hydrogen-bond donors (Lipinski definition) is 0. The Morgan fingerprint density at radius 2 is 2.29 bits per heavy atom. The van der Waals surface area contributed by atoms with Gasteiger partial charge in [-0.3, -0.25) is 4.79 Å². The number of carbonyl (C=O) groups is 1. The van der Waals surface area contributed by atoms with E-state index in [1.54, 1.807) is 11.3 Å². The third-order valence-corrected chi connectivity index (χ3v) is 5.32. The highest BCUT2D eigenvalue weighted by molar-refractivity contribution is 8.01. The van der Waals surface area contributed by atoms with E-state index in [1.165, 1.54) is 28.2 Å². The van der Waals surface area contributed by atoms with Gasteiger partial charge in [-0.05, 0) is 37.0 Å². The highest BCUT2D eigenvalue weighted by atomic mass is 32.2. The zero-order valence-electron chi connectivity index (χ0n) is 9.60. The van der Waals surface area contributed by atoms with E-state index in [2.05, 4.69) is 16.3 Å². The zero-order valence-corrected chi connectivity index (χ0v) is 12.0. The number of thiophene rings is 1. The van der Waals surface area contributed by atoms with Crippen molar-refractivity contribution in [3.8, 4) is 0 Å². The Kier molecular flexibility index (Phi) is 4.31. The number of Topliss-reactive ketones (excluding diaryl/α,β-unsaturated/α-hetero) is 1. The maximum absolute atomic E-state index is 11.9. The molecule has 0 aliphatic carbocycles. The molecule has 0 fully saturated rings. The van der Waals surface area contributed by atoms with Gasteiger partial charge in [-0.15, -0.1) is 11.3 Å². The first-order valence-corrected chi connectivity index (χ1v) is 7.81. The maximum atomic E-state index is 11.9. The van der Waals surface area contributed by atoms with Crippen LogP contribution < -0.4 is 0 Å². The Morgan fingerprint density at radius 1 is 1.47 bits per heavy atom. The van der Waals surface area contributed by atoms with Gasteiger partial charge < -0.3 is 0 Å². The number of rotatable bonds is 5. The van der Waals surface area contributed by atoms with Crippen LogP contribution in [0.25, 0.3) is 0 Å². The smallest absolute Gasteiger partial charge is 0.183 e. The van der Waals surface area contributed by atoms with Gasteiger partial charge in [0.15, 0.2) is 10.1 Å². The largest absolute Gasteiger partial charge is 0.292 e. The van der Waals surface area contributed by atoms with E-state index < -0.39 is 0 Å². The molecule has 90 valence electrons. The van der Waals surface area contributed by atoms with Crippen molar-refractivity contribution in [3.63, 3.8) is 0 Å². The van der Waals surface area contributed by atoms with Crippen LogP contribution >= 0.6 is 34.6 Å². The lowest BCUT2D eigenvalue weighted by molar-refractivity contribution is 0.102. The van der Waals surface area contributed by atoms with Crippen LogP contribution in [0.1, 0.15) is 27.3 Å². The molecule has 3 nitrogen and oxygen atoms in total. The molecule has 2 rings (SSSR count). The van der Waals surface area contributed by atoms with Crippen molar-refractivity contribution < 1.29 is 4.79 Å². The first-order chi connectivity index (χ1) is 8.19. The molecular formula is C11H12N2OS3. The third-order valence-electron chi connectivity index (χ3n) is 2.12. The Hall–Kier alpha value is -0.720. The summed E-state index contributed by atoms with van der Waals surface area (Å²) in [6, 6.07) is 3.94. The van der Waals surface area contributed by atoms with E-state index >= 15 is 0 Å². The van der Waals surface area contributed by atoms with Crippen LogP contribution in [-0.2, 0) is 6.42 Å². The van der Waals surface area contributed by atoms with Gasteiger partial charge in [-0.1, -0.05) is 18.7 Å². The molecule has 2 heterocycles. The standard InChI is InChI=1S/C11H12N2OS3/c1-3-8-4-5-10(16-8)9(14)6-15-11-12-7(2)13-17-11/h4-5H,3,6H2,1-2H3. The van der Waals surface area contributed by atoms with Crippen LogP contribution in [0.15, 0.2) is 16.5 Å². The molecule has 0 radical (unpaired) electrons. The lowest BCUT2D eigenvalue weighted by Gasteiger charge is -1.94. The molecule has 0 saturated heterocycles. The molecule has 0 N–H and O–H groups in total. The second kappa shape index (κ2) is 5.75. The average Bonchev–Trinajstić information content (AvgIpc) is 2.94. The number of thioether (sulfide) groups is 1. The van der Waals surface area contributed by atoms with Gasteiger partial charge in [0, 0.05) is 4.88 Å². The van der Waals surface area contributed by atoms with Crippen molar-refractivity contribution in [1.82, 2.24) is 9.36 Å². The van der Waals surface area contributed by atoms with Gasteiger partial charge in [-0.25, -0.2) is 4.98 Å². The minimum atomic E-state index is 0.174. The van der Waals surface area contributed by atoms with E-state index in [0.29, 0.717) is 5.75 Å². The van der Waals surface area contributed by atoms with Gasteiger partial charge >= 0.3 is 0 Å². The predicted octanol–water partition coefficient (Wildman–Crippen LogP) is 3.45. The fourth-order valence-corrected chi connectivity index (χ4v) is 3.76. The highest BCUT2D eigenvalue weighted by Crippen LogP contribution is 2.23. The van der Waals surface area contributed by atoms with Crippen molar-refractivity contribution in [2.45, 2.75) is 24.6 Å². The van der Waals surface area contributed by atoms with Crippen LogP contribution in [0.3, 0.4) is 0 Å². The fraction of sp³-hybridized carbons (Fsp3) is 0.364. The second-order valence-corrected chi connectivity index (χ2v) is 6.58. The Balaban J connectivity index is 1.93. The topological polar surface area (TPSA) is 42.9 Å². The van der Waals surface area contributed by atoms with E-state index in [9.17, 15) is 4.79 Å². The minimum Gasteiger partial charge on any atom is -0.292 e. The monoisotopic (exact) mass is 284 g/mol. The molecule has 0 saturated carbocycles. The van der Waals surface area contributed by atoms with Gasteiger partial charge in [-0.2, -0.15) is 4.37 Å². The summed E-state index contributed by atoms with van der Waals surface area (Å²) in [6.07, 6.45) is 0.987. The van der Waals surface area contributed by atoms with Crippen molar-refractivity contribution >= 4 is 40.4 Å². The summed E-state index contributed by atoms with van der Waals surface area (Å²) in [5.74, 6) is 1.39. The molecular weight excluding hydrogens is 272 g/mol. The summed E-state index contributed by atoms with van der Waals surface area (Å²) in [5, 5.41) is 0. The van der Waals surface area contributed by atoms with Crippen molar-refractivity contribution in [2.75, 3.05) is 5.75 Å². The van der Waals surface area contributed by atoms with E-state index in [0.717, 1.165) is 21.5 Å². The van der Waals surface area contributed by atoms with Crippen LogP contribution in [0.5, 0.6) is 0 Å². The first-order valence-electron chi connectivity index (χ1n) is 5.24. The third kappa shape index (κ3) is 3.37. The van der Waals surface area contributed by atoms with Crippen molar-refractivity contribution in [3.05, 3.63) is 27.7 Å². The quantitative estimate of drug-likeness (QED) is 0.623. The Morgan fingerprint density at radius 3 is 2.88 bits per heavy atom. The summed E-state index contributed by atoms with van der Waals surface area (Å²) in [4.78, 5) is 18.2. The molecule has 0 amide bonds. The molecule has 0 aliphatic heterocycles. The van der Waals surface area contributed by atoms with Crippen molar-refractivity contribution in [2.24, 2.45) is 0 Å². The van der Waals surface area contributed by atoms with Crippen LogP contribution in [-0.4, -0.2) is 20.9 Å². The molecule has 0 spiro atoms. The summed E-state index contributed by atoms with van der Waals surface area (Å²) in [7, 11) is 0. The number of carbonyl (C=O) groups excluding carboxylic acids is 1. The molecule has 0 aliphatic rings. The van der Waals surface area contributed by atoms with Crippen molar-refractivity contribution in [1.29, 1.82) is 0 Å².